The Morgan fingerprint density at radius 1 is 1.04 bits per heavy atom. The van der Waals surface area contributed by atoms with Crippen LogP contribution >= 0.6 is 11.6 Å². The van der Waals surface area contributed by atoms with Gasteiger partial charge in [-0.2, -0.15) is 4.98 Å². The zero-order chi connectivity index (χ0) is 17.6. The Balaban J connectivity index is 1.95. The molecule has 0 saturated heterocycles. The van der Waals surface area contributed by atoms with E-state index in [4.69, 9.17) is 16.7 Å². The molecule has 5 nitrogen and oxygen atoms in total. The maximum absolute atomic E-state index is 13.3. The van der Waals surface area contributed by atoms with Crippen LogP contribution < -0.4 is 10.6 Å². The molecule has 0 saturated carbocycles. The Kier molecular flexibility index (Phi) is 5.42. The number of aliphatic hydroxyl groups is 1. The highest BCUT2D eigenvalue weighted by Gasteiger charge is 2.08. The molecule has 7 heteroatoms. The molecule has 0 bridgehead atoms. The predicted molar refractivity (Wildman–Crippen MR) is 97.7 cm³/mol. The van der Waals surface area contributed by atoms with Gasteiger partial charge in [-0.1, -0.05) is 41.9 Å². The quantitative estimate of drug-likeness (QED) is 0.619. The number of benzene rings is 2. The zero-order valence-electron chi connectivity index (χ0n) is 13.2. The normalized spacial score (nSPS) is 10.5. The fourth-order valence-electron chi connectivity index (χ4n) is 2.24. The van der Waals surface area contributed by atoms with Gasteiger partial charge in [0.05, 0.1) is 17.3 Å². The summed E-state index contributed by atoms with van der Waals surface area (Å²) in [4.78, 5) is 8.82. The van der Waals surface area contributed by atoms with Gasteiger partial charge >= 0.3 is 0 Å². The van der Waals surface area contributed by atoms with Crippen molar-refractivity contribution in [3.8, 4) is 11.3 Å². The molecule has 0 atom stereocenters. The summed E-state index contributed by atoms with van der Waals surface area (Å²) in [5.74, 6) is 0.424. The van der Waals surface area contributed by atoms with Crippen molar-refractivity contribution in [2.75, 3.05) is 23.8 Å². The maximum Gasteiger partial charge on any atom is 0.225 e. The van der Waals surface area contributed by atoms with Crippen LogP contribution in [0.2, 0.25) is 5.02 Å². The number of nitrogens with one attached hydrogen (secondary N) is 2. The standard InChI is InChI=1S/C18H16ClFN4O/c19-14-10-13(6-7-15(14)20)22-17-11-16(12-4-2-1-3-5-12)23-18(24-17)21-8-9-25/h1-7,10-11,25H,8-9H2,(H2,21,22,23,24). The Bertz CT molecular complexity index is 861. The van der Waals surface area contributed by atoms with Crippen molar-refractivity contribution in [2.24, 2.45) is 0 Å². The highest BCUT2D eigenvalue weighted by atomic mass is 35.5. The molecule has 0 fully saturated rings. The van der Waals surface area contributed by atoms with Gasteiger partial charge in [0.1, 0.15) is 11.6 Å². The second kappa shape index (κ2) is 7.92. The number of halogens is 2. The first-order valence-corrected chi connectivity index (χ1v) is 8.05. The van der Waals surface area contributed by atoms with Crippen LogP contribution in [-0.2, 0) is 0 Å². The van der Waals surface area contributed by atoms with Gasteiger partial charge < -0.3 is 15.7 Å². The number of nitrogens with zero attached hydrogens (tertiary/aromatic N) is 2. The molecule has 0 radical (unpaired) electrons. The molecule has 0 spiro atoms. The smallest absolute Gasteiger partial charge is 0.225 e. The summed E-state index contributed by atoms with van der Waals surface area (Å²) < 4.78 is 13.3. The molecule has 128 valence electrons. The summed E-state index contributed by atoms with van der Waals surface area (Å²) in [6, 6.07) is 15.8. The van der Waals surface area contributed by atoms with Gasteiger partial charge in [-0.3, -0.25) is 0 Å². The van der Waals surface area contributed by atoms with Crippen LogP contribution in [-0.4, -0.2) is 28.2 Å². The Morgan fingerprint density at radius 2 is 1.84 bits per heavy atom. The molecule has 0 amide bonds. The van der Waals surface area contributed by atoms with E-state index < -0.39 is 5.82 Å². The molecule has 3 rings (SSSR count). The summed E-state index contributed by atoms with van der Waals surface area (Å²) in [5, 5.41) is 15.1. The number of anilines is 3. The summed E-state index contributed by atoms with van der Waals surface area (Å²) in [6.45, 7) is 0.301. The van der Waals surface area contributed by atoms with Crippen molar-refractivity contribution in [3.63, 3.8) is 0 Å². The highest BCUT2D eigenvalue weighted by Crippen LogP contribution is 2.25. The number of aliphatic hydroxyl groups excluding tert-OH is 1. The minimum absolute atomic E-state index is 0.0287. The first-order valence-electron chi connectivity index (χ1n) is 7.67. The lowest BCUT2D eigenvalue weighted by Gasteiger charge is -2.11. The molecule has 1 aromatic heterocycles. The summed E-state index contributed by atoms with van der Waals surface area (Å²) >= 11 is 5.82. The molecule has 2 aromatic carbocycles. The Morgan fingerprint density at radius 3 is 2.56 bits per heavy atom. The predicted octanol–water partition coefficient (Wildman–Crippen LogP) is 4.08. The van der Waals surface area contributed by atoms with E-state index in [1.54, 1.807) is 12.1 Å². The molecular formula is C18H16ClFN4O. The molecule has 0 aliphatic heterocycles. The molecule has 25 heavy (non-hydrogen) atoms. The lowest BCUT2D eigenvalue weighted by molar-refractivity contribution is 0.311. The van der Waals surface area contributed by atoms with Gasteiger partial charge in [-0.15, -0.1) is 0 Å². The lowest BCUT2D eigenvalue weighted by atomic mass is 10.1. The fourth-order valence-corrected chi connectivity index (χ4v) is 2.42. The van der Waals surface area contributed by atoms with Crippen LogP contribution in [0.3, 0.4) is 0 Å². The summed E-state index contributed by atoms with van der Waals surface area (Å²) in [6.07, 6.45) is 0. The molecule has 3 N–H and O–H groups in total. The molecule has 3 aromatic rings. The van der Waals surface area contributed by atoms with Crippen molar-refractivity contribution in [3.05, 3.63) is 65.4 Å². The van der Waals surface area contributed by atoms with E-state index in [2.05, 4.69) is 20.6 Å². The molecule has 0 aliphatic carbocycles. The maximum atomic E-state index is 13.3. The van der Waals surface area contributed by atoms with E-state index in [0.29, 0.717) is 29.7 Å². The lowest BCUT2D eigenvalue weighted by Crippen LogP contribution is -2.10. The molecule has 1 heterocycles. The first kappa shape index (κ1) is 17.1. The van der Waals surface area contributed by atoms with Gasteiger partial charge in [-0.25, -0.2) is 9.37 Å². The van der Waals surface area contributed by atoms with Crippen molar-refractivity contribution >= 4 is 29.1 Å². The van der Waals surface area contributed by atoms with E-state index in [1.807, 2.05) is 30.3 Å². The summed E-state index contributed by atoms with van der Waals surface area (Å²) in [7, 11) is 0. The van der Waals surface area contributed by atoms with Gasteiger partial charge in [0.15, 0.2) is 0 Å². The largest absolute Gasteiger partial charge is 0.395 e. The number of hydrogen-bond acceptors (Lipinski definition) is 5. The number of aromatic nitrogens is 2. The van der Waals surface area contributed by atoms with E-state index in [9.17, 15) is 4.39 Å². The fraction of sp³-hybridized carbons (Fsp3) is 0.111. The van der Waals surface area contributed by atoms with Crippen LogP contribution in [0.1, 0.15) is 0 Å². The van der Waals surface area contributed by atoms with Gasteiger partial charge in [0, 0.05) is 23.9 Å². The minimum Gasteiger partial charge on any atom is -0.395 e. The second-order valence-corrected chi connectivity index (χ2v) is 5.64. The van der Waals surface area contributed by atoms with Crippen LogP contribution in [0.15, 0.2) is 54.6 Å². The average Bonchev–Trinajstić information content (AvgIpc) is 2.63. The van der Waals surface area contributed by atoms with Gasteiger partial charge in [-0.05, 0) is 18.2 Å². The van der Waals surface area contributed by atoms with Crippen molar-refractivity contribution < 1.29 is 9.50 Å². The van der Waals surface area contributed by atoms with Crippen LogP contribution in [0, 0.1) is 5.82 Å². The SMILES string of the molecule is OCCNc1nc(Nc2ccc(F)c(Cl)c2)cc(-c2ccccc2)n1. The summed E-state index contributed by atoms with van der Waals surface area (Å²) in [5.41, 5.74) is 2.25. The van der Waals surface area contributed by atoms with Crippen LogP contribution in [0.4, 0.5) is 21.8 Å². The molecule has 0 aliphatic rings. The first-order chi connectivity index (χ1) is 12.2. The van der Waals surface area contributed by atoms with Gasteiger partial charge in [0.2, 0.25) is 5.95 Å². The van der Waals surface area contributed by atoms with E-state index in [-0.39, 0.29) is 11.6 Å². The van der Waals surface area contributed by atoms with Crippen LogP contribution in [0.25, 0.3) is 11.3 Å². The Hall–Kier alpha value is -2.70. The number of rotatable bonds is 6. The Labute approximate surface area is 149 Å². The van der Waals surface area contributed by atoms with Crippen molar-refractivity contribution in [1.29, 1.82) is 0 Å². The van der Waals surface area contributed by atoms with E-state index in [0.717, 1.165) is 5.56 Å². The minimum atomic E-state index is -0.481. The molecular weight excluding hydrogens is 343 g/mol. The monoisotopic (exact) mass is 358 g/mol. The topological polar surface area (TPSA) is 70.1 Å². The van der Waals surface area contributed by atoms with Gasteiger partial charge in [0.25, 0.3) is 0 Å². The van der Waals surface area contributed by atoms with E-state index >= 15 is 0 Å². The highest BCUT2D eigenvalue weighted by molar-refractivity contribution is 6.31. The third kappa shape index (κ3) is 4.43. The third-order valence-electron chi connectivity index (χ3n) is 3.38. The molecule has 0 unspecified atom stereocenters. The van der Waals surface area contributed by atoms with E-state index in [1.165, 1.54) is 12.1 Å². The van der Waals surface area contributed by atoms with Crippen molar-refractivity contribution in [1.82, 2.24) is 9.97 Å². The van der Waals surface area contributed by atoms with Crippen LogP contribution in [0.5, 0.6) is 0 Å². The second-order valence-electron chi connectivity index (χ2n) is 5.23. The average molecular weight is 359 g/mol. The zero-order valence-corrected chi connectivity index (χ0v) is 14.0. The number of hydrogen-bond donors (Lipinski definition) is 3. The third-order valence-corrected chi connectivity index (χ3v) is 3.67. The van der Waals surface area contributed by atoms with Crippen molar-refractivity contribution in [2.45, 2.75) is 0 Å².